The summed E-state index contributed by atoms with van der Waals surface area (Å²) in [5, 5.41) is 0. The van der Waals surface area contributed by atoms with Crippen LogP contribution < -0.4 is 0 Å². The van der Waals surface area contributed by atoms with Gasteiger partial charge in [-0.1, -0.05) is 0 Å². The average molecular weight is 286 g/mol. The summed E-state index contributed by atoms with van der Waals surface area (Å²) >= 11 is 0. The third-order valence-corrected chi connectivity index (χ3v) is 3.08. The van der Waals surface area contributed by atoms with Crippen LogP contribution in [0.25, 0.3) is 11.5 Å². The highest BCUT2D eigenvalue weighted by molar-refractivity contribution is 5.52. The van der Waals surface area contributed by atoms with E-state index >= 15 is 0 Å². The van der Waals surface area contributed by atoms with E-state index < -0.39 is 0 Å². The highest BCUT2D eigenvalue weighted by Crippen LogP contribution is 2.19. The van der Waals surface area contributed by atoms with E-state index in [0.29, 0.717) is 19.0 Å². The number of halogens is 1. The zero-order chi connectivity index (χ0) is 14.7. The van der Waals surface area contributed by atoms with E-state index in [9.17, 15) is 4.39 Å². The lowest BCUT2D eigenvalue weighted by molar-refractivity contribution is 0.284. The van der Waals surface area contributed by atoms with Crippen LogP contribution in [0.1, 0.15) is 11.5 Å². The van der Waals surface area contributed by atoms with Crippen LogP contribution in [0.5, 0.6) is 0 Å². The number of oxazole rings is 1. The van der Waals surface area contributed by atoms with Gasteiger partial charge in [0.2, 0.25) is 5.89 Å². The standard InChI is InChI=1S/C16H15FN2O2/c1-19(10-15-3-2-8-20-15)9-14-11-21-16(18-14)12-4-6-13(17)7-5-12/h2-8,11H,9-10H2,1H3. The largest absolute Gasteiger partial charge is 0.468 e. The second-order valence-electron chi connectivity index (χ2n) is 4.90. The molecule has 0 N–H and O–H groups in total. The van der Waals surface area contributed by atoms with Gasteiger partial charge in [0, 0.05) is 12.1 Å². The molecule has 0 aliphatic heterocycles. The minimum atomic E-state index is -0.274. The molecule has 0 aliphatic carbocycles. The van der Waals surface area contributed by atoms with Crippen LogP contribution in [-0.2, 0) is 13.1 Å². The number of nitrogens with zero attached hydrogens (tertiary/aromatic N) is 2. The molecule has 0 atom stereocenters. The summed E-state index contributed by atoms with van der Waals surface area (Å²) in [6, 6.07) is 9.88. The molecule has 0 saturated heterocycles. The molecule has 5 heteroatoms. The lowest BCUT2D eigenvalue weighted by atomic mass is 10.2. The molecular formula is C16H15FN2O2. The van der Waals surface area contributed by atoms with E-state index in [2.05, 4.69) is 9.88 Å². The summed E-state index contributed by atoms with van der Waals surface area (Å²) < 4.78 is 23.6. The summed E-state index contributed by atoms with van der Waals surface area (Å²) in [6.45, 7) is 1.34. The van der Waals surface area contributed by atoms with Crippen molar-refractivity contribution in [3.05, 3.63) is 66.2 Å². The van der Waals surface area contributed by atoms with Crippen molar-refractivity contribution in [2.45, 2.75) is 13.1 Å². The lowest BCUT2D eigenvalue weighted by Gasteiger charge is -2.12. The van der Waals surface area contributed by atoms with Gasteiger partial charge >= 0.3 is 0 Å². The van der Waals surface area contributed by atoms with Gasteiger partial charge in [0.15, 0.2) is 0 Å². The first-order valence-electron chi connectivity index (χ1n) is 6.62. The fraction of sp³-hybridized carbons (Fsp3) is 0.188. The molecule has 108 valence electrons. The van der Waals surface area contributed by atoms with Crippen LogP contribution in [-0.4, -0.2) is 16.9 Å². The monoisotopic (exact) mass is 286 g/mol. The van der Waals surface area contributed by atoms with Gasteiger partial charge < -0.3 is 8.83 Å². The maximum Gasteiger partial charge on any atom is 0.226 e. The topological polar surface area (TPSA) is 42.4 Å². The molecular weight excluding hydrogens is 271 g/mol. The predicted molar refractivity (Wildman–Crippen MR) is 75.8 cm³/mol. The molecule has 2 aromatic heterocycles. The number of furan rings is 1. The van der Waals surface area contributed by atoms with Crippen molar-refractivity contribution in [3.63, 3.8) is 0 Å². The maximum atomic E-state index is 12.9. The molecule has 0 spiro atoms. The Kier molecular flexibility index (Phi) is 3.83. The van der Waals surface area contributed by atoms with E-state index in [0.717, 1.165) is 17.0 Å². The van der Waals surface area contributed by atoms with Crippen molar-refractivity contribution in [2.75, 3.05) is 7.05 Å². The number of hydrogen-bond acceptors (Lipinski definition) is 4. The quantitative estimate of drug-likeness (QED) is 0.717. The van der Waals surface area contributed by atoms with E-state index in [4.69, 9.17) is 8.83 Å². The van der Waals surface area contributed by atoms with Gasteiger partial charge in [-0.25, -0.2) is 9.37 Å². The van der Waals surface area contributed by atoms with E-state index in [1.807, 2.05) is 19.2 Å². The molecule has 0 bridgehead atoms. The first-order valence-corrected chi connectivity index (χ1v) is 6.62. The molecule has 0 radical (unpaired) electrons. The summed E-state index contributed by atoms with van der Waals surface area (Å²) in [5.74, 6) is 1.12. The predicted octanol–water partition coefficient (Wildman–Crippen LogP) is 3.71. The molecule has 0 saturated carbocycles. The van der Waals surface area contributed by atoms with Crippen LogP contribution in [0.4, 0.5) is 4.39 Å². The molecule has 3 rings (SSSR count). The van der Waals surface area contributed by atoms with Gasteiger partial charge in [-0.15, -0.1) is 0 Å². The minimum absolute atomic E-state index is 0.274. The Hall–Kier alpha value is -2.40. The Labute approximate surface area is 121 Å². The number of aromatic nitrogens is 1. The minimum Gasteiger partial charge on any atom is -0.468 e. The fourth-order valence-electron chi connectivity index (χ4n) is 2.11. The zero-order valence-electron chi connectivity index (χ0n) is 11.6. The second kappa shape index (κ2) is 5.93. The summed E-state index contributed by atoms with van der Waals surface area (Å²) in [6.07, 6.45) is 3.28. The zero-order valence-corrected chi connectivity index (χ0v) is 11.6. The van der Waals surface area contributed by atoms with E-state index in [1.165, 1.54) is 12.1 Å². The molecule has 21 heavy (non-hydrogen) atoms. The smallest absolute Gasteiger partial charge is 0.226 e. The first-order chi connectivity index (χ1) is 10.2. The average Bonchev–Trinajstić information content (AvgIpc) is 3.11. The third kappa shape index (κ3) is 3.38. The van der Waals surface area contributed by atoms with E-state index in [1.54, 1.807) is 24.7 Å². The van der Waals surface area contributed by atoms with Crippen LogP contribution in [0, 0.1) is 5.82 Å². The van der Waals surface area contributed by atoms with Crippen molar-refractivity contribution < 1.29 is 13.2 Å². The molecule has 3 aromatic rings. The highest BCUT2D eigenvalue weighted by Gasteiger charge is 2.10. The summed E-state index contributed by atoms with van der Waals surface area (Å²) in [7, 11) is 1.98. The molecule has 2 heterocycles. The maximum absolute atomic E-state index is 12.9. The second-order valence-corrected chi connectivity index (χ2v) is 4.90. The summed E-state index contributed by atoms with van der Waals surface area (Å²) in [4.78, 5) is 6.49. The van der Waals surface area contributed by atoms with Crippen LogP contribution in [0.3, 0.4) is 0 Å². The normalized spacial score (nSPS) is 11.2. The van der Waals surface area contributed by atoms with Gasteiger partial charge in [0.1, 0.15) is 17.8 Å². The Morgan fingerprint density at radius 2 is 1.90 bits per heavy atom. The van der Waals surface area contributed by atoms with Gasteiger partial charge in [0.05, 0.1) is 18.5 Å². The Bertz CT molecular complexity index is 689. The van der Waals surface area contributed by atoms with Crippen LogP contribution >= 0.6 is 0 Å². The summed E-state index contributed by atoms with van der Waals surface area (Å²) in [5.41, 5.74) is 1.58. The molecule has 0 amide bonds. The molecule has 1 aromatic carbocycles. The SMILES string of the molecule is CN(Cc1coc(-c2ccc(F)cc2)n1)Cc1ccco1. The van der Waals surface area contributed by atoms with Crippen molar-refractivity contribution in [1.29, 1.82) is 0 Å². The molecule has 0 fully saturated rings. The van der Waals surface area contributed by atoms with Gasteiger partial charge in [-0.05, 0) is 43.4 Å². The van der Waals surface area contributed by atoms with Gasteiger partial charge in [0.25, 0.3) is 0 Å². The van der Waals surface area contributed by atoms with Crippen LogP contribution in [0.2, 0.25) is 0 Å². The number of hydrogen-bond donors (Lipinski definition) is 0. The Morgan fingerprint density at radius 1 is 1.10 bits per heavy atom. The van der Waals surface area contributed by atoms with E-state index in [-0.39, 0.29) is 5.82 Å². The van der Waals surface area contributed by atoms with Gasteiger partial charge in [-0.2, -0.15) is 0 Å². The molecule has 0 aliphatic rings. The van der Waals surface area contributed by atoms with Gasteiger partial charge in [-0.3, -0.25) is 4.90 Å². The Morgan fingerprint density at radius 3 is 2.62 bits per heavy atom. The van der Waals surface area contributed by atoms with Crippen molar-refractivity contribution in [3.8, 4) is 11.5 Å². The number of benzene rings is 1. The third-order valence-electron chi connectivity index (χ3n) is 3.08. The first kappa shape index (κ1) is 13.6. The van der Waals surface area contributed by atoms with Crippen LogP contribution in [0.15, 0.2) is 57.8 Å². The number of rotatable bonds is 5. The fourth-order valence-corrected chi connectivity index (χ4v) is 2.11. The van der Waals surface area contributed by atoms with Crippen molar-refractivity contribution in [1.82, 2.24) is 9.88 Å². The Balaban J connectivity index is 1.66. The van der Waals surface area contributed by atoms with Crippen molar-refractivity contribution in [2.24, 2.45) is 0 Å². The molecule has 0 unspecified atom stereocenters. The highest BCUT2D eigenvalue weighted by atomic mass is 19.1. The van der Waals surface area contributed by atoms with Crippen molar-refractivity contribution >= 4 is 0 Å². The molecule has 4 nitrogen and oxygen atoms in total. The lowest BCUT2D eigenvalue weighted by Crippen LogP contribution is -2.17.